The molecule has 3 rings (SSSR count). The molecule has 0 fully saturated rings. The zero-order valence-corrected chi connectivity index (χ0v) is 13.2. The van der Waals surface area contributed by atoms with Gasteiger partial charge in [0.25, 0.3) is 0 Å². The van der Waals surface area contributed by atoms with E-state index in [0.29, 0.717) is 17.1 Å². The zero-order chi connectivity index (χ0) is 14.8. The molecule has 1 heterocycles. The van der Waals surface area contributed by atoms with Gasteiger partial charge in [-0.2, -0.15) is 5.26 Å². The van der Waals surface area contributed by atoms with E-state index in [9.17, 15) is 0 Å². The lowest BCUT2D eigenvalue weighted by atomic mass is 10.2. The number of nitrogens with zero attached hydrogens (tertiary/aromatic N) is 1. The van der Waals surface area contributed by atoms with Crippen molar-refractivity contribution in [2.45, 2.75) is 6.54 Å². The number of hydrogen-bond acceptors (Lipinski definition) is 4. The van der Waals surface area contributed by atoms with Gasteiger partial charge in [-0.1, -0.05) is 11.6 Å². The molecule has 0 saturated heterocycles. The average Bonchev–Trinajstić information content (AvgIpc) is 2.95. The van der Waals surface area contributed by atoms with Crippen molar-refractivity contribution in [3.8, 4) is 17.6 Å². The van der Waals surface area contributed by atoms with Gasteiger partial charge in [-0.3, -0.25) is 0 Å². The van der Waals surface area contributed by atoms with Crippen molar-refractivity contribution in [1.82, 2.24) is 0 Å². The Bertz CT molecular complexity index is 743. The van der Waals surface area contributed by atoms with Crippen LogP contribution in [0.1, 0.15) is 11.1 Å². The normalized spacial score (nSPS) is 12.0. The van der Waals surface area contributed by atoms with E-state index >= 15 is 0 Å². The lowest BCUT2D eigenvalue weighted by molar-refractivity contribution is 0.173. The smallest absolute Gasteiger partial charge is 0.231 e. The van der Waals surface area contributed by atoms with Gasteiger partial charge in [-0.25, -0.2) is 0 Å². The number of anilines is 1. The molecule has 2 aromatic rings. The molecule has 0 saturated carbocycles. The summed E-state index contributed by atoms with van der Waals surface area (Å²) in [5, 5.41) is 12.7. The molecule has 1 aliphatic rings. The summed E-state index contributed by atoms with van der Waals surface area (Å²) in [7, 11) is 0. The number of halogens is 2. The van der Waals surface area contributed by atoms with Gasteiger partial charge in [0.1, 0.15) is 6.07 Å². The maximum absolute atomic E-state index is 8.97. The Morgan fingerprint density at radius 1 is 1.29 bits per heavy atom. The molecule has 4 nitrogen and oxygen atoms in total. The van der Waals surface area contributed by atoms with Gasteiger partial charge in [0, 0.05) is 12.2 Å². The number of fused-ring (bicyclic) bond motifs is 1. The quantitative estimate of drug-likeness (QED) is 0.880. The van der Waals surface area contributed by atoms with E-state index in [-0.39, 0.29) is 6.79 Å². The molecule has 0 unspecified atom stereocenters. The summed E-state index contributed by atoms with van der Waals surface area (Å²) < 4.78 is 11.6. The predicted octanol–water partition coefficient (Wildman–Crippen LogP) is 4.31. The monoisotopic (exact) mass is 364 g/mol. The molecule has 106 valence electrons. The number of benzene rings is 2. The molecule has 1 N–H and O–H groups in total. The molecule has 1 aliphatic heterocycles. The predicted molar refractivity (Wildman–Crippen MR) is 83.8 cm³/mol. The van der Waals surface area contributed by atoms with Crippen LogP contribution in [0.15, 0.2) is 34.8 Å². The molecule has 6 heteroatoms. The topological polar surface area (TPSA) is 54.3 Å². The summed E-state index contributed by atoms with van der Waals surface area (Å²) in [4.78, 5) is 0. The van der Waals surface area contributed by atoms with Crippen LogP contribution in [0, 0.1) is 11.3 Å². The van der Waals surface area contributed by atoms with Crippen LogP contribution in [0.2, 0.25) is 5.02 Å². The van der Waals surface area contributed by atoms with Crippen molar-refractivity contribution in [2.75, 3.05) is 12.1 Å². The van der Waals surface area contributed by atoms with Gasteiger partial charge in [0.05, 0.1) is 15.1 Å². The van der Waals surface area contributed by atoms with Crippen LogP contribution in [0.5, 0.6) is 11.5 Å². The summed E-state index contributed by atoms with van der Waals surface area (Å²) in [5.74, 6) is 1.46. The molecular formula is C15H10BrClN2O2. The molecule has 0 aliphatic carbocycles. The highest BCUT2D eigenvalue weighted by molar-refractivity contribution is 9.10. The summed E-state index contributed by atoms with van der Waals surface area (Å²) in [5.41, 5.74) is 2.33. The third kappa shape index (κ3) is 2.92. The van der Waals surface area contributed by atoms with E-state index in [0.717, 1.165) is 27.2 Å². The molecule has 0 bridgehead atoms. The highest BCUT2D eigenvalue weighted by atomic mass is 79.9. The molecule has 21 heavy (non-hydrogen) atoms. The average molecular weight is 366 g/mol. The second-order valence-corrected chi connectivity index (χ2v) is 5.73. The molecule has 0 spiro atoms. The van der Waals surface area contributed by atoms with Gasteiger partial charge < -0.3 is 14.8 Å². The highest BCUT2D eigenvalue weighted by Crippen LogP contribution is 2.40. The number of rotatable bonds is 3. The van der Waals surface area contributed by atoms with Gasteiger partial charge in [0.2, 0.25) is 6.79 Å². The number of hydrogen-bond donors (Lipinski definition) is 1. The van der Waals surface area contributed by atoms with Crippen LogP contribution in [-0.4, -0.2) is 6.79 Å². The van der Waals surface area contributed by atoms with E-state index in [1.807, 2.05) is 18.2 Å². The van der Waals surface area contributed by atoms with E-state index in [1.165, 1.54) is 0 Å². The summed E-state index contributed by atoms with van der Waals surface area (Å²) in [6, 6.07) is 11.2. The van der Waals surface area contributed by atoms with Gasteiger partial charge in [-0.05, 0) is 51.8 Å². The fourth-order valence-corrected chi connectivity index (χ4v) is 2.81. The van der Waals surface area contributed by atoms with Crippen molar-refractivity contribution in [2.24, 2.45) is 0 Å². The van der Waals surface area contributed by atoms with Crippen molar-refractivity contribution in [1.29, 1.82) is 5.26 Å². The van der Waals surface area contributed by atoms with Crippen LogP contribution in [0.25, 0.3) is 0 Å². The molecular weight excluding hydrogens is 356 g/mol. The first kappa shape index (κ1) is 14.1. The maximum Gasteiger partial charge on any atom is 0.231 e. The Morgan fingerprint density at radius 2 is 2.14 bits per heavy atom. The van der Waals surface area contributed by atoms with E-state index in [2.05, 4.69) is 27.3 Å². The van der Waals surface area contributed by atoms with Crippen LogP contribution in [0.3, 0.4) is 0 Å². The molecule has 0 atom stereocenters. The first-order chi connectivity index (χ1) is 10.2. The Labute approximate surface area is 135 Å². The van der Waals surface area contributed by atoms with Gasteiger partial charge >= 0.3 is 0 Å². The summed E-state index contributed by atoms with van der Waals surface area (Å²) >= 11 is 9.37. The second-order valence-electron chi connectivity index (χ2n) is 4.47. The molecule has 0 amide bonds. The first-order valence-electron chi connectivity index (χ1n) is 6.19. The Balaban J connectivity index is 1.77. The summed E-state index contributed by atoms with van der Waals surface area (Å²) in [6.07, 6.45) is 0. The van der Waals surface area contributed by atoms with Crippen LogP contribution in [0.4, 0.5) is 5.69 Å². The highest BCUT2D eigenvalue weighted by Gasteiger charge is 2.17. The van der Waals surface area contributed by atoms with Gasteiger partial charge in [-0.15, -0.1) is 0 Å². The van der Waals surface area contributed by atoms with Gasteiger partial charge in [0.15, 0.2) is 11.5 Å². The first-order valence-corrected chi connectivity index (χ1v) is 7.36. The minimum Gasteiger partial charge on any atom is -0.454 e. The minimum atomic E-state index is 0.244. The lowest BCUT2D eigenvalue weighted by Crippen LogP contribution is -2.00. The van der Waals surface area contributed by atoms with Crippen LogP contribution >= 0.6 is 27.5 Å². The molecule has 2 aromatic carbocycles. The molecule has 0 radical (unpaired) electrons. The molecule has 0 aromatic heterocycles. The Kier molecular flexibility index (Phi) is 3.91. The van der Waals surface area contributed by atoms with E-state index in [1.54, 1.807) is 12.1 Å². The van der Waals surface area contributed by atoms with Crippen LogP contribution in [-0.2, 0) is 6.54 Å². The Morgan fingerprint density at radius 3 is 2.95 bits per heavy atom. The lowest BCUT2D eigenvalue weighted by Gasteiger charge is -2.09. The fourth-order valence-electron chi connectivity index (χ4n) is 2.05. The SMILES string of the molecule is N#Cc1cc(NCc2cc(Br)c3c(c2)OCO3)ccc1Cl. The Hall–Kier alpha value is -1.90. The second kappa shape index (κ2) is 5.84. The van der Waals surface area contributed by atoms with E-state index in [4.69, 9.17) is 26.3 Å². The van der Waals surface area contributed by atoms with Crippen molar-refractivity contribution >= 4 is 33.2 Å². The number of ether oxygens (including phenoxy) is 2. The number of nitrogens with one attached hydrogen (secondary N) is 1. The fraction of sp³-hybridized carbons (Fsp3) is 0.133. The number of nitriles is 1. The van der Waals surface area contributed by atoms with Crippen molar-refractivity contribution < 1.29 is 9.47 Å². The van der Waals surface area contributed by atoms with Crippen molar-refractivity contribution in [3.05, 3.63) is 51.0 Å². The minimum absolute atomic E-state index is 0.244. The van der Waals surface area contributed by atoms with Crippen LogP contribution < -0.4 is 14.8 Å². The zero-order valence-electron chi connectivity index (χ0n) is 10.8. The standard InChI is InChI=1S/C15H10BrClN2O2/c16-12-3-9(4-14-15(12)21-8-20-14)7-19-11-1-2-13(17)10(5-11)6-18/h1-5,19H,7-8H2. The maximum atomic E-state index is 8.97. The summed E-state index contributed by atoms with van der Waals surface area (Å²) in [6.45, 7) is 0.843. The largest absolute Gasteiger partial charge is 0.454 e. The third-order valence-corrected chi connectivity index (χ3v) is 3.99. The third-order valence-electron chi connectivity index (χ3n) is 3.07. The van der Waals surface area contributed by atoms with Crippen molar-refractivity contribution in [3.63, 3.8) is 0 Å². The van der Waals surface area contributed by atoms with E-state index < -0.39 is 0 Å².